The summed E-state index contributed by atoms with van der Waals surface area (Å²) in [7, 11) is 0. The van der Waals surface area contributed by atoms with Crippen LogP contribution in [-0.2, 0) is 17.3 Å². The van der Waals surface area contributed by atoms with Crippen molar-refractivity contribution < 1.29 is 27.8 Å². The number of halogens is 3. The van der Waals surface area contributed by atoms with E-state index in [0.717, 1.165) is 16.6 Å². The Labute approximate surface area is 152 Å². The molecule has 0 saturated heterocycles. The van der Waals surface area contributed by atoms with E-state index in [9.17, 15) is 23.1 Å². The molecule has 0 saturated carbocycles. The minimum Gasteiger partial charge on any atom is -0.493 e. The second kappa shape index (κ2) is 6.90. The molecule has 2 aromatic heterocycles. The van der Waals surface area contributed by atoms with Crippen molar-refractivity contribution in [2.75, 3.05) is 6.61 Å². The van der Waals surface area contributed by atoms with E-state index in [1.165, 1.54) is 18.3 Å². The summed E-state index contributed by atoms with van der Waals surface area (Å²) in [5.74, 6) is -0.831. The van der Waals surface area contributed by atoms with Gasteiger partial charge in [0.1, 0.15) is 5.56 Å². The maximum absolute atomic E-state index is 12.7. The van der Waals surface area contributed by atoms with Crippen molar-refractivity contribution >= 4 is 11.6 Å². The molecule has 1 aromatic carbocycles. The fraction of sp³-hybridized carbons (Fsp3) is 0.278. The van der Waals surface area contributed by atoms with E-state index in [0.29, 0.717) is 16.8 Å². The van der Waals surface area contributed by atoms with Crippen LogP contribution >= 0.6 is 0 Å². The Balaban J connectivity index is 1.97. The topological polar surface area (TPSA) is 76.7 Å². The van der Waals surface area contributed by atoms with Crippen molar-refractivity contribution in [2.24, 2.45) is 0 Å². The van der Waals surface area contributed by atoms with Crippen LogP contribution in [0.2, 0.25) is 0 Å². The third kappa shape index (κ3) is 3.57. The van der Waals surface area contributed by atoms with Gasteiger partial charge >= 0.3 is 12.1 Å². The maximum atomic E-state index is 12.7. The van der Waals surface area contributed by atoms with E-state index in [-0.39, 0.29) is 30.1 Å². The number of aromatic hydroxyl groups is 1. The van der Waals surface area contributed by atoms with Crippen LogP contribution in [0.3, 0.4) is 0 Å². The highest BCUT2D eigenvalue weighted by Crippen LogP contribution is 2.30. The number of esters is 1. The van der Waals surface area contributed by atoms with E-state index < -0.39 is 17.7 Å². The number of rotatable bonds is 4. The zero-order chi connectivity index (χ0) is 19.8. The van der Waals surface area contributed by atoms with Crippen molar-refractivity contribution in [3.05, 3.63) is 58.4 Å². The predicted octanol–water partition coefficient (Wildman–Crippen LogP) is 3.53. The zero-order valence-corrected chi connectivity index (χ0v) is 14.5. The summed E-state index contributed by atoms with van der Waals surface area (Å²) in [6, 6.07) is 4.67. The molecule has 0 radical (unpaired) electrons. The number of carbonyl (C=O) groups is 1. The van der Waals surface area contributed by atoms with Gasteiger partial charge in [0.25, 0.3) is 0 Å². The SMILES string of the molecule is CCOC(=O)c1cnn2c(O)c(Cc3ccc(C(F)(F)F)cc3)c(C)nc12. The summed E-state index contributed by atoms with van der Waals surface area (Å²) in [5.41, 5.74) is 0.940. The van der Waals surface area contributed by atoms with Gasteiger partial charge in [-0.2, -0.15) is 22.8 Å². The van der Waals surface area contributed by atoms with Crippen LogP contribution in [0.25, 0.3) is 5.65 Å². The van der Waals surface area contributed by atoms with Crippen molar-refractivity contribution in [2.45, 2.75) is 26.4 Å². The molecular weight excluding hydrogens is 363 g/mol. The molecule has 27 heavy (non-hydrogen) atoms. The van der Waals surface area contributed by atoms with E-state index in [1.54, 1.807) is 13.8 Å². The number of alkyl halides is 3. The molecule has 0 unspecified atom stereocenters. The minimum atomic E-state index is -4.41. The fourth-order valence-electron chi connectivity index (χ4n) is 2.70. The van der Waals surface area contributed by atoms with Gasteiger partial charge in [-0.15, -0.1) is 0 Å². The number of carbonyl (C=O) groups excluding carboxylic acids is 1. The second-order valence-electron chi connectivity index (χ2n) is 5.88. The molecule has 3 aromatic rings. The first-order chi connectivity index (χ1) is 12.7. The van der Waals surface area contributed by atoms with E-state index in [2.05, 4.69) is 10.1 Å². The molecule has 0 aliphatic rings. The number of benzene rings is 1. The summed E-state index contributed by atoms with van der Waals surface area (Å²) in [4.78, 5) is 16.3. The first-order valence-corrected chi connectivity index (χ1v) is 8.11. The Kier molecular flexibility index (Phi) is 4.77. The van der Waals surface area contributed by atoms with E-state index in [4.69, 9.17) is 4.74 Å². The van der Waals surface area contributed by atoms with E-state index >= 15 is 0 Å². The Morgan fingerprint density at radius 1 is 1.26 bits per heavy atom. The zero-order valence-electron chi connectivity index (χ0n) is 14.5. The van der Waals surface area contributed by atoms with Crippen molar-refractivity contribution in [3.63, 3.8) is 0 Å². The molecule has 0 fully saturated rings. The normalized spacial score (nSPS) is 11.7. The molecule has 0 amide bonds. The lowest BCUT2D eigenvalue weighted by molar-refractivity contribution is -0.137. The van der Waals surface area contributed by atoms with Crippen molar-refractivity contribution in [1.82, 2.24) is 14.6 Å². The van der Waals surface area contributed by atoms with Crippen molar-refractivity contribution in [3.8, 4) is 5.88 Å². The first kappa shape index (κ1) is 18.7. The summed E-state index contributed by atoms with van der Waals surface area (Å²) in [6.45, 7) is 3.50. The molecule has 2 heterocycles. The van der Waals surface area contributed by atoms with Gasteiger partial charge in [0, 0.05) is 17.7 Å². The van der Waals surface area contributed by atoms with E-state index in [1.807, 2.05) is 0 Å². The number of ether oxygens (including phenoxy) is 1. The summed E-state index contributed by atoms with van der Waals surface area (Å²) in [6.07, 6.45) is -3.00. The monoisotopic (exact) mass is 379 g/mol. The second-order valence-corrected chi connectivity index (χ2v) is 5.88. The lowest BCUT2D eigenvalue weighted by Gasteiger charge is -2.11. The third-order valence-electron chi connectivity index (χ3n) is 4.08. The molecule has 0 spiro atoms. The molecule has 6 nitrogen and oxygen atoms in total. The van der Waals surface area contributed by atoms with Crippen LogP contribution in [0, 0.1) is 6.92 Å². The van der Waals surface area contributed by atoms with Gasteiger partial charge in [-0.25, -0.2) is 9.78 Å². The Morgan fingerprint density at radius 3 is 2.52 bits per heavy atom. The number of aryl methyl sites for hydroxylation is 1. The average Bonchev–Trinajstić information content (AvgIpc) is 3.02. The van der Waals surface area contributed by atoms with Gasteiger partial charge in [-0.05, 0) is 31.5 Å². The van der Waals surface area contributed by atoms with Crippen LogP contribution in [0.4, 0.5) is 13.2 Å². The highest BCUT2D eigenvalue weighted by atomic mass is 19.4. The number of fused-ring (bicyclic) bond motifs is 1. The smallest absolute Gasteiger partial charge is 0.416 e. The van der Waals surface area contributed by atoms with Crippen LogP contribution in [-0.4, -0.2) is 32.3 Å². The highest BCUT2D eigenvalue weighted by molar-refractivity contribution is 5.95. The Hall–Kier alpha value is -3.10. The lowest BCUT2D eigenvalue weighted by Crippen LogP contribution is -2.07. The summed E-state index contributed by atoms with van der Waals surface area (Å²) < 4.78 is 44.1. The molecule has 0 aliphatic heterocycles. The standard InChI is InChI=1S/C18H16F3N3O3/c1-3-27-17(26)14-9-22-24-15(14)23-10(2)13(16(24)25)8-11-4-6-12(7-5-11)18(19,20)21/h4-7,9,25H,3,8H2,1-2H3. The number of nitrogens with zero attached hydrogens (tertiary/aromatic N) is 3. The molecular formula is C18H16F3N3O3. The predicted molar refractivity (Wildman–Crippen MR) is 89.6 cm³/mol. The Morgan fingerprint density at radius 2 is 1.93 bits per heavy atom. The number of aromatic nitrogens is 3. The van der Waals surface area contributed by atoms with Gasteiger partial charge in [0.2, 0.25) is 5.88 Å². The molecule has 3 rings (SSSR count). The summed E-state index contributed by atoms with van der Waals surface area (Å²) >= 11 is 0. The largest absolute Gasteiger partial charge is 0.493 e. The van der Waals surface area contributed by atoms with Gasteiger partial charge in [-0.1, -0.05) is 12.1 Å². The maximum Gasteiger partial charge on any atom is 0.416 e. The number of hydrogen-bond donors (Lipinski definition) is 1. The molecule has 0 atom stereocenters. The quantitative estimate of drug-likeness (QED) is 0.702. The van der Waals surface area contributed by atoms with Crippen molar-refractivity contribution in [1.29, 1.82) is 0 Å². The van der Waals surface area contributed by atoms with Crippen LogP contribution in [0.15, 0.2) is 30.5 Å². The lowest BCUT2D eigenvalue weighted by atomic mass is 10.0. The summed E-state index contributed by atoms with van der Waals surface area (Å²) in [5, 5.41) is 14.5. The first-order valence-electron chi connectivity index (χ1n) is 8.11. The average molecular weight is 379 g/mol. The highest BCUT2D eigenvalue weighted by Gasteiger charge is 2.30. The molecule has 0 aliphatic carbocycles. The van der Waals surface area contributed by atoms with Gasteiger partial charge in [-0.3, -0.25) is 0 Å². The van der Waals surface area contributed by atoms with Crippen LogP contribution < -0.4 is 0 Å². The fourth-order valence-corrected chi connectivity index (χ4v) is 2.70. The number of hydrogen-bond acceptors (Lipinski definition) is 5. The van der Waals surface area contributed by atoms with Gasteiger partial charge in [0.05, 0.1) is 18.4 Å². The third-order valence-corrected chi connectivity index (χ3v) is 4.08. The Bertz CT molecular complexity index is 995. The van der Waals surface area contributed by atoms with Gasteiger partial charge < -0.3 is 9.84 Å². The van der Waals surface area contributed by atoms with Crippen LogP contribution in [0.5, 0.6) is 5.88 Å². The minimum absolute atomic E-state index is 0.122. The van der Waals surface area contributed by atoms with Crippen LogP contribution in [0.1, 0.15) is 39.7 Å². The molecule has 142 valence electrons. The molecule has 0 bridgehead atoms. The molecule has 1 N–H and O–H groups in total. The van der Waals surface area contributed by atoms with Gasteiger partial charge in [0.15, 0.2) is 5.65 Å². The molecule has 9 heteroatoms.